The summed E-state index contributed by atoms with van der Waals surface area (Å²) in [5.41, 5.74) is 2.59. The number of thioether (sulfide) groups is 2. The summed E-state index contributed by atoms with van der Waals surface area (Å²) in [7, 11) is 0. The molecule has 2 fully saturated rings. The van der Waals surface area contributed by atoms with Gasteiger partial charge in [0.25, 0.3) is 0 Å². The molecule has 138 valence electrons. The van der Waals surface area contributed by atoms with Gasteiger partial charge in [-0.05, 0) is 30.4 Å². The maximum absolute atomic E-state index is 13.2. The molecule has 0 amide bonds. The van der Waals surface area contributed by atoms with Crippen molar-refractivity contribution >= 4 is 41.4 Å². The first-order chi connectivity index (χ1) is 12.7. The summed E-state index contributed by atoms with van der Waals surface area (Å²) in [6.07, 6.45) is 3.35. The van der Waals surface area contributed by atoms with Crippen LogP contribution < -0.4 is 10.6 Å². The molecule has 2 unspecified atom stereocenters. The smallest absolute Gasteiger partial charge is 0.166 e. The SMILES string of the molecule is O=C[C@H]1NCSC1C(=O)[C@H]1NCSC1C(=O)[C@@H]1CCc2ccccc2C1. The lowest BCUT2D eigenvalue weighted by Crippen LogP contribution is -2.50. The fraction of sp³-hybridized carbons (Fsp3) is 0.526. The van der Waals surface area contributed by atoms with Crippen molar-refractivity contribution in [2.45, 2.75) is 41.8 Å². The van der Waals surface area contributed by atoms with Crippen LogP contribution in [-0.4, -0.2) is 52.2 Å². The average molecular weight is 391 g/mol. The van der Waals surface area contributed by atoms with Crippen LogP contribution in [0, 0.1) is 5.92 Å². The first-order valence-corrected chi connectivity index (χ1v) is 11.1. The van der Waals surface area contributed by atoms with Crippen LogP contribution in [0.5, 0.6) is 0 Å². The molecule has 0 spiro atoms. The highest BCUT2D eigenvalue weighted by Crippen LogP contribution is 2.34. The zero-order chi connectivity index (χ0) is 18.1. The maximum atomic E-state index is 13.2. The van der Waals surface area contributed by atoms with E-state index in [1.54, 1.807) is 0 Å². The molecule has 2 aliphatic heterocycles. The van der Waals surface area contributed by atoms with Gasteiger partial charge in [0, 0.05) is 17.7 Å². The van der Waals surface area contributed by atoms with Crippen LogP contribution in [0.3, 0.4) is 0 Å². The number of benzene rings is 1. The first kappa shape index (κ1) is 18.2. The second-order valence-electron chi connectivity index (χ2n) is 7.02. The molecule has 2 heterocycles. The van der Waals surface area contributed by atoms with Gasteiger partial charge in [-0.3, -0.25) is 20.2 Å². The van der Waals surface area contributed by atoms with Gasteiger partial charge in [0.15, 0.2) is 11.6 Å². The largest absolute Gasteiger partial charge is 0.302 e. The van der Waals surface area contributed by atoms with Crippen LogP contribution in [0.25, 0.3) is 0 Å². The minimum absolute atomic E-state index is 0.0170. The van der Waals surface area contributed by atoms with Crippen LogP contribution in [0.15, 0.2) is 24.3 Å². The molecule has 1 aliphatic carbocycles. The van der Waals surface area contributed by atoms with E-state index in [4.69, 9.17) is 0 Å². The summed E-state index contributed by atoms with van der Waals surface area (Å²) in [6.45, 7) is 0. The molecule has 5 nitrogen and oxygen atoms in total. The third-order valence-electron chi connectivity index (χ3n) is 5.54. The van der Waals surface area contributed by atoms with Gasteiger partial charge in [-0.15, -0.1) is 23.5 Å². The molecule has 2 saturated heterocycles. The van der Waals surface area contributed by atoms with Crippen molar-refractivity contribution in [3.05, 3.63) is 35.4 Å². The highest BCUT2D eigenvalue weighted by molar-refractivity contribution is 8.01. The fourth-order valence-electron chi connectivity index (χ4n) is 4.10. The predicted octanol–water partition coefficient (Wildman–Crippen LogP) is 1.19. The van der Waals surface area contributed by atoms with E-state index in [-0.39, 0.29) is 22.7 Å². The Morgan fingerprint density at radius 3 is 2.54 bits per heavy atom. The highest BCUT2D eigenvalue weighted by Gasteiger charge is 2.46. The summed E-state index contributed by atoms with van der Waals surface area (Å²) >= 11 is 2.99. The molecule has 0 saturated carbocycles. The van der Waals surface area contributed by atoms with E-state index in [0.29, 0.717) is 11.8 Å². The molecular formula is C19H22N2O3S2. The zero-order valence-electron chi connectivity index (χ0n) is 14.4. The normalized spacial score (nSPS) is 33.6. The number of carbonyl (C=O) groups is 3. The van der Waals surface area contributed by atoms with Gasteiger partial charge in [0.1, 0.15) is 6.29 Å². The van der Waals surface area contributed by atoms with E-state index in [0.717, 1.165) is 25.5 Å². The van der Waals surface area contributed by atoms with Crippen molar-refractivity contribution in [3.63, 3.8) is 0 Å². The Labute approximate surface area is 161 Å². The molecule has 1 aromatic rings. The summed E-state index contributed by atoms with van der Waals surface area (Å²) in [5.74, 6) is 1.35. The van der Waals surface area contributed by atoms with Gasteiger partial charge >= 0.3 is 0 Å². The van der Waals surface area contributed by atoms with Crippen molar-refractivity contribution in [1.29, 1.82) is 0 Å². The summed E-state index contributed by atoms with van der Waals surface area (Å²) < 4.78 is 0. The zero-order valence-corrected chi connectivity index (χ0v) is 16.0. The monoisotopic (exact) mass is 390 g/mol. The molecule has 1 aromatic carbocycles. The number of hydrogen-bond donors (Lipinski definition) is 2. The number of hydrogen-bond acceptors (Lipinski definition) is 7. The Morgan fingerprint density at radius 1 is 1.00 bits per heavy atom. The van der Waals surface area contributed by atoms with Crippen molar-refractivity contribution in [2.24, 2.45) is 5.92 Å². The number of ketones is 2. The lowest BCUT2D eigenvalue weighted by atomic mass is 9.80. The molecule has 7 heteroatoms. The van der Waals surface area contributed by atoms with Gasteiger partial charge in [-0.1, -0.05) is 24.3 Å². The fourth-order valence-corrected chi connectivity index (χ4v) is 6.48. The third kappa shape index (κ3) is 3.38. The van der Waals surface area contributed by atoms with E-state index in [9.17, 15) is 14.4 Å². The Bertz CT molecular complexity index is 726. The molecule has 0 radical (unpaired) electrons. The lowest BCUT2D eigenvalue weighted by molar-refractivity contribution is -0.127. The van der Waals surface area contributed by atoms with E-state index < -0.39 is 17.3 Å². The van der Waals surface area contributed by atoms with Crippen molar-refractivity contribution in [2.75, 3.05) is 11.8 Å². The van der Waals surface area contributed by atoms with Gasteiger partial charge in [0.2, 0.25) is 0 Å². The molecule has 4 rings (SSSR count). The minimum Gasteiger partial charge on any atom is -0.302 e. The summed E-state index contributed by atoms with van der Waals surface area (Å²) in [5, 5.41) is 5.50. The molecular weight excluding hydrogens is 368 g/mol. The van der Waals surface area contributed by atoms with E-state index >= 15 is 0 Å². The van der Waals surface area contributed by atoms with Crippen LogP contribution in [0.1, 0.15) is 17.5 Å². The molecule has 5 atom stereocenters. The highest BCUT2D eigenvalue weighted by atomic mass is 32.2. The van der Waals surface area contributed by atoms with E-state index in [1.165, 1.54) is 34.7 Å². The number of aryl methyl sites for hydroxylation is 1. The second kappa shape index (κ2) is 7.84. The Kier molecular flexibility index (Phi) is 5.50. The maximum Gasteiger partial charge on any atom is 0.166 e. The predicted molar refractivity (Wildman–Crippen MR) is 104 cm³/mol. The standard InChI is InChI=1S/C19H22N2O3S2/c22-8-14-18(25-9-20-14)17(24)15-19(26-10-21-15)16(23)13-6-5-11-3-1-2-4-12(11)7-13/h1-4,8,13-15,18-21H,5-7,9-10H2/t13-,14-,15-,18?,19?/m1/s1. The van der Waals surface area contributed by atoms with Gasteiger partial charge in [-0.25, -0.2) is 0 Å². The second-order valence-corrected chi connectivity index (χ2v) is 9.28. The van der Waals surface area contributed by atoms with Crippen molar-refractivity contribution < 1.29 is 14.4 Å². The molecule has 3 aliphatic rings. The number of rotatable bonds is 5. The number of fused-ring (bicyclic) bond motifs is 1. The van der Waals surface area contributed by atoms with Crippen LogP contribution >= 0.6 is 23.5 Å². The van der Waals surface area contributed by atoms with Gasteiger partial charge < -0.3 is 4.79 Å². The summed E-state index contributed by atoms with van der Waals surface area (Å²) in [6, 6.07) is 7.38. The van der Waals surface area contributed by atoms with Gasteiger partial charge in [-0.2, -0.15) is 0 Å². The van der Waals surface area contributed by atoms with E-state index in [2.05, 4.69) is 22.8 Å². The number of aldehydes is 1. The van der Waals surface area contributed by atoms with Crippen LogP contribution in [-0.2, 0) is 27.2 Å². The summed E-state index contributed by atoms with van der Waals surface area (Å²) in [4.78, 5) is 37.3. The average Bonchev–Trinajstić information content (AvgIpc) is 3.35. The third-order valence-corrected chi connectivity index (χ3v) is 7.96. The quantitative estimate of drug-likeness (QED) is 0.732. The van der Waals surface area contributed by atoms with Gasteiger partial charge in [0.05, 0.1) is 22.6 Å². The Balaban J connectivity index is 1.47. The topological polar surface area (TPSA) is 75.3 Å². The Morgan fingerprint density at radius 2 is 1.73 bits per heavy atom. The number of carbonyl (C=O) groups excluding carboxylic acids is 3. The first-order valence-electron chi connectivity index (χ1n) is 8.98. The number of nitrogens with one attached hydrogen (secondary N) is 2. The van der Waals surface area contributed by atoms with Crippen LogP contribution in [0.2, 0.25) is 0 Å². The van der Waals surface area contributed by atoms with E-state index in [1.807, 2.05) is 12.1 Å². The lowest BCUT2D eigenvalue weighted by Gasteiger charge is -2.28. The van der Waals surface area contributed by atoms with Crippen molar-refractivity contribution in [1.82, 2.24) is 10.6 Å². The number of Topliss-reactive ketones (excluding diaryl/α,β-unsaturated/α-hetero) is 2. The molecule has 2 N–H and O–H groups in total. The minimum atomic E-state index is -0.482. The Hall–Kier alpha value is -1.15. The molecule has 0 aromatic heterocycles. The molecule has 26 heavy (non-hydrogen) atoms. The molecule has 0 bridgehead atoms. The van der Waals surface area contributed by atoms with Crippen molar-refractivity contribution in [3.8, 4) is 0 Å². The van der Waals surface area contributed by atoms with Crippen LogP contribution in [0.4, 0.5) is 0 Å².